The Bertz CT molecular complexity index is 723. The van der Waals surface area contributed by atoms with E-state index in [1.165, 1.54) is 52.3 Å². The molecule has 0 atom stereocenters. The van der Waals surface area contributed by atoms with Gasteiger partial charge in [-0.05, 0) is 19.3 Å². The zero-order valence-corrected chi connectivity index (χ0v) is 18.1. The predicted octanol–water partition coefficient (Wildman–Crippen LogP) is -0.0214. The van der Waals surface area contributed by atoms with Crippen molar-refractivity contribution in [3.05, 3.63) is 71.8 Å². The molecule has 0 aliphatic heterocycles. The molecule has 125 valence electrons. The Balaban J connectivity index is 0.00000176. The molecule has 0 saturated carbocycles. The average molecular weight is 438 g/mol. The Morgan fingerprint density at radius 3 is 2.67 bits per heavy atom. The molecule has 24 heavy (non-hydrogen) atoms. The number of allylic oxidation sites excluding steroid dienone is 5. The van der Waals surface area contributed by atoms with E-state index in [-0.39, 0.29) is 51.0 Å². The SMILES string of the molecule is C=CCc1[cH-]c2cccc(CCCC)c2c1C1=CC=CC1.[Cl-].[Cl-].[Zr+3]. The molecule has 0 amide bonds. The van der Waals surface area contributed by atoms with Crippen LogP contribution in [-0.2, 0) is 39.0 Å². The van der Waals surface area contributed by atoms with Gasteiger partial charge in [-0.1, -0.05) is 61.3 Å². The summed E-state index contributed by atoms with van der Waals surface area (Å²) < 4.78 is 0. The first kappa shape index (κ1) is 23.5. The molecule has 2 aromatic rings. The normalized spacial score (nSPS) is 12.1. The van der Waals surface area contributed by atoms with Crippen LogP contribution in [0, 0.1) is 0 Å². The first-order chi connectivity index (χ1) is 10.3. The third-order valence-electron chi connectivity index (χ3n) is 4.34. The summed E-state index contributed by atoms with van der Waals surface area (Å²) in [4.78, 5) is 0. The second-order valence-corrected chi connectivity index (χ2v) is 5.85. The molecule has 0 bridgehead atoms. The van der Waals surface area contributed by atoms with Gasteiger partial charge in [0, 0.05) is 0 Å². The Kier molecular flexibility index (Phi) is 11.0. The van der Waals surface area contributed by atoms with E-state index in [1.54, 1.807) is 0 Å². The van der Waals surface area contributed by atoms with E-state index >= 15 is 0 Å². The maximum absolute atomic E-state index is 3.93. The smallest absolute Gasteiger partial charge is 1.00 e. The largest absolute Gasteiger partial charge is 3.00 e. The molecule has 0 aromatic heterocycles. The molecule has 3 rings (SSSR count). The summed E-state index contributed by atoms with van der Waals surface area (Å²) in [5.41, 5.74) is 5.87. The number of benzene rings is 1. The minimum absolute atomic E-state index is 0. The number of hydrogen-bond donors (Lipinski definition) is 0. The van der Waals surface area contributed by atoms with Gasteiger partial charge in [-0.25, -0.2) is 0 Å². The van der Waals surface area contributed by atoms with Gasteiger partial charge in [0.05, 0.1) is 0 Å². The Labute approximate surface area is 177 Å². The van der Waals surface area contributed by atoms with Gasteiger partial charge >= 0.3 is 26.2 Å². The van der Waals surface area contributed by atoms with E-state index in [0.717, 1.165) is 12.8 Å². The van der Waals surface area contributed by atoms with Crippen molar-refractivity contribution in [2.75, 3.05) is 0 Å². The zero-order valence-electron chi connectivity index (χ0n) is 14.1. The van der Waals surface area contributed by atoms with Crippen LogP contribution in [0.3, 0.4) is 0 Å². The number of unbranched alkanes of at least 4 members (excludes halogenated alkanes) is 1. The van der Waals surface area contributed by atoms with Crippen molar-refractivity contribution < 1.29 is 51.0 Å². The van der Waals surface area contributed by atoms with Crippen LogP contribution in [0.25, 0.3) is 16.3 Å². The average Bonchev–Trinajstić information content (AvgIpc) is 3.12. The summed E-state index contributed by atoms with van der Waals surface area (Å²) in [5, 5.41) is 2.88. The summed E-state index contributed by atoms with van der Waals surface area (Å²) >= 11 is 0. The summed E-state index contributed by atoms with van der Waals surface area (Å²) in [6.45, 7) is 6.19. The number of rotatable bonds is 6. The first-order valence-corrected chi connectivity index (χ1v) is 8.02. The van der Waals surface area contributed by atoms with Gasteiger partial charge in [0.1, 0.15) is 0 Å². The van der Waals surface area contributed by atoms with Crippen LogP contribution in [0.1, 0.15) is 42.9 Å². The minimum Gasteiger partial charge on any atom is -1.00 e. The summed E-state index contributed by atoms with van der Waals surface area (Å²) in [6, 6.07) is 9.13. The van der Waals surface area contributed by atoms with Crippen molar-refractivity contribution in [2.24, 2.45) is 0 Å². The summed E-state index contributed by atoms with van der Waals surface area (Å²) in [6.07, 6.45) is 14.4. The molecule has 0 heterocycles. The fourth-order valence-electron chi connectivity index (χ4n) is 3.36. The van der Waals surface area contributed by atoms with Gasteiger partial charge in [-0.3, -0.25) is 0 Å². The summed E-state index contributed by atoms with van der Waals surface area (Å²) in [7, 11) is 0. The van der Waals surface area contributed by atoms with Crippen LogP contribution >= 0.6 is 0 Å². The molecular formula is C21H23Cl2Zr. The fraction of sp³-hybridized carbons (Fsp3) is 0.286. The van der Waals surface area contributed by atoms with Crippen LogP contribution in [0.4, 0.5) is 0 Å². The van der Waals surface area contributed by atoms with Gasteiger partial charge < -0.3 is 24.8 Å². The first-order valence-electron chi connectivity index (χ1n) is 8.02. The maximum atomic E-state index is 3.93. The minimum atomic E-state index is 0. The van der Waals surface area contributed by atoms with Crippen molar-refractivity contribution in [3.8, 4) is 0 Å². The van der Waals surface area contributed by atoms with Crippen molar-refractivity contribution in [2.45, 2.75) is 39.0 Å². The molecule has 3 heteroatoms. The molecule has 0 saturated heterocycles. The molecular weight excluding hydrogens is 414 g/mol. The van der Waals surface area contributed by atoms with E-state index in [4.69, 9.17) is 0 Å². The standard InChI is InChI=1S/C21H23.2ClH.Zr/c1-3-5-10-16-13-8-14-19-15-18(9-4-2)20(21(16)19)17-11-6-7-12-17;;;/h4,6-8,11,13-15H,2-3,5,9-10,12H2,1H3;2*1H;/q-1;;;+3/p-2. The second kappa shape index (κ2) is 11.2. The fourth-order valence-corrected chi connectivity index (χ4v) is 3.36. The van der Waals surface area contributed by atoms with Gasteiger partial charge in [-0.2, -0.15) is 0 Å². The molecule has 0 fully saturated rings. The molecule has 1 aliphatic rings. The van der Waals surface area contributed by atoms with Crippen molar-refractivity contribution in [1.82, 2.24) is 0 Å². The number of halogens is 2. The second-order valence-electron chi connectivity index (χ2n) is 5.85. The molecule has 0 N–H and O–H groups in total. The van der Waals surface area contributed by atoms with Crippen molar-refractivity contribution in [1.29, 1.82) is 0 Å². The Hall–Kier alpha value is -0.487. The molecule has 0 nitrogen and oxygen atoms in total. The van der Waals surface area contributed by atoms with Gasteiger partial charge in [0.25, 0.3) is 0 Å². The Morgan fingerprint density at radius 1 is 1.25 bits per heavy atom. The number of aryl methyl sites for hydroxylation is 1. The van der Waals surface area contributed by atoms with Crippen LogP contribution < -0.4 is 24.8 Å². The van der Waals surface area contributed by atoms with Gasteiger partial charge in [0.2, 0.25) is 0 Å². The van der Waals surface area contributed by atoms with Crippen LogP contribution in [0.5, 0.6) is 0 Å². The molecule has 1 aliphatic carbocycles. The van der Waals surface area contributed by atoms with Crippen LogP contribution in [0.15, 0.2) is 55.1 Å². The van der Waals surface area contributed by atoms with Crippen LogP contribution in [-0.4, -0.2) is 0 Å². The van der Waals surface area contributed by atoms with E-state index < -0.39 is 0 Å². The van der Waals surface area contributed by atoms with Crippen molar-refractivity contribution >= 4 is 16.3 Å². The topological polar surface area (TPSA) is 0 Å². The maximum Gasteiger partial charge on any atom is 3.00 e. The molecule has 0 spiro atoms. The van der Waals surface area contributed by atoms with E-state index in [1.807, 2.05) is 6.08 Å². The van der Waals surface area contributed by atoms with Crippen molar-refractivity contribution in [3.63, 3.8) is 0 Å². The third kappa shape index (κ3) is 4.78. The van der Waals surface area contributed by atoms with Gasteiger partial charge in [0.15, 0.2) is 0 Å². The van der Waals surface area contributed by atoms with Gasteiger partial charge in [-0.15, -0.1) is 46.7 Å². The quantitative estimate of drug-likeness (QED) is 0.440. The monoisotopic (exact) mass is 435 g/mol. The van der Waals surface area contributed by atoms with Crippen LogP contribution in [0.2, 0.25) is 0 Å². The zero-order chi connectivity index (χ0) is 14.7. The summed E-state index contributed by atoms with van der Waals surface area (Å²) in [5.74, 6) is 0. The molecule has 2 aromatic carbocycles. The van der Waals surface area contributed by atoms with E-state index in [9.17, 15) is 0 Å². The third-order valence-corrected chi connectivity index (χ3v) is 4.34. The molecule has 1 radical (unpaired) electrons. The molecule has 0 unspecified atom stereocenters. The Morgan fingerprint density at radius 2 is 2.04 bits per heavy atom. The van der Waals surface area contributed by atoms with E-state index in [2.05, 4.69) is 56.0 Å². The van der Waals surface area contributed by atoms with E-state index in [0.29, 0.717) is 0 Å². The number of hydrogen-bond acceptors (Lipinski definition) is 0. The number of fused-ring (bicyclic) bond motifs is 1. The predicted molar refractivity (Wildman–Crippen MR) is 93.8 cm³/mol.